The summed E-state index contributed by atoms with van der Waals surface area (Å²) in [6.45, 7) is 9.52. The van der Waals surface area contributed by atoms with Gasteiger partial charge in [0.1, 0.15) is 0 Å². The van der Waals surface area contributed by atoms with Crippen LogP contribution in [0.2, 0.25) is 0 Å². The Morgan fingerprint density at radius 2 is 1.68 bits per heavy atom. The zero-order valence-electron chi connectivity index (χ0n) is 11.9. The second kappa shape index (κ2) is 6.40. The van der Waals surface area contributed by atoms with Gasteiger partial charge in [-0.25, -0.2) is 0 Å². The number of piperazine rings is 1. The quantitative estimate of drug-likeness (QED) is 0.901. The van der Waals surface area contributed by atoms with Crippen molar-refractivity contribution in [1.29, 1.82) is 0 Å². The number of aryl methyl sites for hydroxylation is 1. The molecule has 1 aromatic carbocycles. The predicted octanol–water partition coefficient (Wildman–Crippen LogP) is 2.13. The van der Waals surface area contributed by atoms with Crippen molar-refractivity contribution < 1.29 is 4.79 Å². The SMILES string of the molecule is Cc1ccc(C(C)(C)C(=O)N2CCNCC2)cc1.Cl. The van der Waals surface area contributed by atoms with Crippen molar-refractivity contribution in [2.75, 3.05) is 26.2 Å². The zero-order valence-corrected chi connectivity index (χ0v) is 12.7. The first-order valence-corrected chi connectivity index (χ1v) is 6.59. The Bertz CT molecular complexity index is 422. The molecule has 0 aliphatic carbocycles. The van der Waals surface area contributed by atoms with Crippen LogP contribution in [0.4, 0.5) is 0 Å². The van der Waals surface area contributed by atoms with Gasteiger partial charge in [0.05, 0.1) is 5.41 Å². The molecule has 0 atom stereocenters. The van der Waals surface area contributed by atoms with Crippen LogP contribution in [-0.2, 0) is 10.2 Å². The van der Waals surface area contributed by atoms with Crippen molar-refractivity contribution in [3.05, 3.63) is 35.4 Å². The van der Waals surface area contributed by atoms with Crippen LogP contribution < -0.4 is 5.32 Å². The molecule has 3 nitrogen and oxygen atoms in total. The fourth-order valence-electron chi connectivity index (χ4n) is 2.36. The number of hydrogen-bond donors (Lipinski definition) is 1. The first-order valence-electron chi connectivity index (χ1n) is 6.59. The molecule has 1 heterocycles. The molecule has 0 radical (unpaired) electrons. The van der Waals surface area contributed by atoms with Crippen molar-refractivity contribution in [3.8, 4) is 0 Å². The van der Waals surface area contributed by atoms with Crippen molar-refractivity contribution in [1.82, 2.24) is 10.2 Å². The van der Waals surface area contributed by atoms with Gasteiger partial charge in [0, 0.05) is 26.2 Å². The highest BCUT2D eigenvalue weighted by atomic mass is 35.5. The number of carbonyl (C=O) groups excluding carboxylic acids is 1. The van der Waals surface area contributed by atoms with Crippen LogP contribution >= 0.6 is 12.4 Å². The summed E-state index contributed by atoms with van der Waals surface area (Å²) in [5, 5.41) is 3.27. The lowest BCUT2D eigenvalue weighted by Gasteiger charge is -2.35. The van der Waals surface area contributed by atoms with E-state index in [1.807, 2.05) is 18.7 Å². The van der Waals surface area contributed by atoms with Crippen molar-refractivity contribution in [2.24, 2.45) is 0 Å². The first kappa shape index (κ1) is 16.0. The van der Waals surface area contributed by atoms with E-state index in [1.54, 1.807) is 0 Å². The van der Waals surface area contributed by atoms with E-state index in [1.165, 1.54) is 5.56 Å². The molecule has 19 heavy (non-hydrogen) atoms. The normalized spacial score (nSPS) is 15.8. The van der Waals surface area contributed by atoms with Gasteiger partial charge >= 0.3 is 0 Å². The third-order valence-corrected chi connectivity index (χ3v) is 3.71. The zero-order chi connectivity index (χ0) is 13.2. The van der Waals surface area contributed by atoms with Gasteiger partial charge in [-0.1, -0.05) is 29.8 Å². The molecule has 1 N–H and O–H groups in total. The molecule has 1 fully saturated rings. The Balaban J connectivity index is 0.00000180. The molecule has 0 saturated carbocycles. The molecule has 0 aromatic heterocycles. The number of nitrogens with one attached hydrogen (secondary N) is 1. The van der Waals surface area contributed by atoms with Crippen LogP contribution in [0.1, 0.15) is 25.0 Å². The summed E-state index contributed by atoms with van der Waals surface area (Å²) in [4.78, 5) is 14.6. The molecule has 0 bridgehead atoms. The van der Waals surface area contributed by atoms with Gasteiger partial charge < -0.3 is 10.2 Å². The van der Waals surface area contributed by atoms with Crippen LogP contribution in [0, 0.1) is 6.92 Å². The van der Waals surface area contributed by atoms with Crippen LogP contribution in [0.3, 0.4) is 0 Å². The molecule has 1 aromatic rings. The lowest BCUT2D eigenvalue weighted by atomic mass is 9.82. The van der Waals surface area contributed by atoms with Gasteiger partial charge in [0.25, 0.3) is 0 Å². The minimum atomic E-state index is -0.439. The van der Waals surface area contributed by atoms with Crippen LogP contribution in [0.15, 0.2) is 24.3 Å². The van der Waals surface area contributed by atoms with Gasteiger partial charge in [-0.15, -0.1) is 12.4 Å². The summed E-state index contributed by atoms with van der Waals surface area (Å²) >= 11 is 0. The molecular formula is C15H23ClN2O. The van der Waals surface area contributed by atoms with E-state index < -0.39 is 5.41 Å². The molecule has 0 unspecified atom stereocenters. The molecule has 0 spiro atoms. The third-order valence-electron chi connectivity index (χ3n) is 3.71. The smallest absolute Gasteiger partial charge is 0.232 e. The standard InChI is InChI=1S/C15H22N2O.ClH/c1-12-4-6-13(7-5-12)15(2,3)14(18)17-10-8-16-9-11-17;/h4-7,16H,8-11H2,1-3H3;1H. The molecule has 1 saturated heterocycles. The molecule has 2 rings (SSSR count). The van der Waals surface area contributed by atoms with Gasteiger partial charge in [0.15, 0.2) is 0 Å². The average Bonchev–Trinajstić information content (AvgIpc) is 2.39. The van der Waals surface area contributed by atoms with Crippen LogP contribution in [0.25, 0.3) is 0 Å². The number of benzene rings is 1. The average molecular weight is 283 g/mol. The van der Waals surface area contributed by atoms with E-state index >= 15 is 0 Å². The van der Waals surface area contributed by atoms with E-state index in [-0.39, 0.29) is 18.3 Å². The van der Waals surface area contributed by atoms with E-state index in [0.29, 0.717) is 0 Å². The summed E-state index contributed by atoms with van der Waals surface area (Å²) in [7, 11) is 0. The summed E-state index contributed by atoms with van der Waals surface area (Å²) in [6, 6.07) is 8.27. The number of halogens is 1. The maximum absolute atomic E-state index is 12.6. The number of hydrogen-bond acceptors (Lipinski definition) is 2. The highest BCUT2D eigenvalue weighted by molar-refractivity contribution is 5.87. The third kappa shape index (κ3) is 3.48. The molecule has 106 valence electrons. The second-order valence-corrected chi connectivity index (χ2v) is 5.53. The summed E-state index contributed by atoms with van der Waals surface area (Å²) in [6.07, 6.45) is 0. The fourth-order valence-corrected chi connectivity index (χ4v) is 2.36. The Morgan fingerprint density at radius 1 is 1.16 bits per heavy atom. The highest BCUT2D eigenvalue weighted by Crippen LogP contribution is 2.26. The van der Waals surface area contributed by atoms with Crippen LogP contribution in [0.5, 0.6) is 0 Å². The molecule has 1 aliphatic heterocycles. The van der Waals surface area contributed by atoms with E-state index in [4.69, 9.17) is 0 Å². The van der Waals surface area contributed by atoms with E-state index in [2.05, 4.69) is 36.5 Å². The summed E-state index contributed by atoms with van der Waals surface area (Å²) in [5.41, 5.74) is 1.88. The monoisotopic (exact) mass is 282 g/mol. The van der Waals surface area contributed by atoms with E-state index in [0.717, 1.165) is 31.7 Å². The number of amides is 1. The molecule has 1 amide bonds. The molecule has 4 heteroatoms. The van der Waals surface area contributed by atoms with E-state index in [9.17, 15) is 4.79 Å². The maximum atomic E-state index is 12.6. The highest BCUT2D eigenvalue weighted by Gasteiger charge is 2.33. The number of nitrogens with zero attached hydrogens (tertiary/aromatic N) is 1. The second-order valence-electron chi connectivity index (χ2n) is 5.53. The minimum absolute atomic E-state index is 0. The largest absolute Gasteiger partial charge is 0.339 e. The van der Waals surface area contributed by atoms with Crippen molar-refractivity contribution >= 4 is 18.3 Å². The van der Waals surface area contributed by atoms with Gasteiger partial charge in [-0.2, -0.15) is 0 Å². The van der Waals surface area contributed by atoms with Gasteiger partial charge in [0.2, 0.25) is 5.91 Å². The minimum Gasteiger partial charge on any atom is -0.339 e. The number of rotatable bonds is 2. The Hall–Kier alpha value is -1.06. The summed E-state index contributed by atoms with van der Waals surface area (Å²) < 4.78 is 0. The molecular weight excluding hydrogens is 260 g/mol. The fraction of sp³-hybridized carbons (Fsp3) is 0.533. The van der Waals surface area contributed by atoms with Gasteiger partial charge in [-0.3, -0.25) is 4.79 Å². The lowest BCUT2D eigenvalue weighted by molar-refractivity contribution is -0.136. The topological polar surface area (TPSA) is 32.3 Å². The Kier molecular flexibility index (Phi) is 5.39. The molecule has 1 aliphatic rings. The Morgan fingerprint density at radius 3 is 2.21 bits per heavy atom. The predicted molar refractivity (Wildman–Crippen MR) is 80.9 cm³/mol. The lowest BCUT2D eigenvalue weighted by Crippen LogP contribution is -2.51. The Labute approximate surface area is 121 Å². The summed E-state index contributed by atoms with van der Waals surface area (Å²) in [5.74, 6) is 0.229. The van der Waals surface area contributed by atoms with Crippen LogP contribution in [-0.4, -0.2) is 37.0 Å². The van der Waals surface area contributed by atoms with Crippen molar-refractivity contribution in [3.63, 3.8) is 0 Å². The number of carbonyl (C=O) groups is 1. The maximum Gasteiger partial charge on any atom is 0.232 e. The first-order chi connectivity index (χ1) is 8.51. The van der Waals surface area contributed by atoms with Gasteiger partial charge in [-0.05, 0) is 26.3 Å². The van der Waals surface area contributed by atoms with Crippen molar-refractivity contribution in [2.45, 2.75) is 26.2 Å².